The summed E-state index contributed by atoms with van der Waals surface area (Å²) in [5.41, 5.74) is 6.78. The third-order valence-corrected chi connectivity index (χ3v) is 3.06. The summed E-state index contributed by atoms with van der Waals surface area (Å²) < 4.78 is 18.4. The molecule has 0 radical (unpaired) electrons. The lowest BCUT2D eigenvalue weighted by Gasteiger charge is -2.09. The van der Waals surface area contributed by atoms with Crippen LogP contribution in [0.5, 0.6) is 5.75 Å². The Kier molecular flexibility index (Phi) is 3.94. The van der Waals surface area contributed by atoms with Crippen molar-refractivity contribution in [3.05, 3.63) is 57.8 Å². The molecule has 0 amide bonds. The van der Waals surface area contributed by atoms with Crippen molar-refractivity contribution in [3.8, 4) is 5.75 Å². The molecule has 0 spiro atoms. The SMILES string of the molecule is Nc1ccc(OCc2ccc(F)cc2Cl)cc1Cl. The number of nitrogens with two attached hydrogens (primary N) is 1. The summed E-state index contributed by atoms with van der Waals surface area (Å²) in [5, 5.41) is 0.759. The fourth-order valence-corrected chi connectivity index (χ4v) is 1.79. The van der Waals surface area contributed by atoms with E-state index in [1.807, 2.05) is 0 Å². The molecule has 2 aromatic carbocycles. The first kappa shape index (κ1) is 13.0. The minimum atomic E-state index is -0.376. The fourth-order valence-electron chi connectivity index (χ4n) is 1.40. The molecular weight excluding hydrogens is 276 g/mol. The van der Waals surface area contributed by atoms with Gasteiger partial charge in [-0.2, -0.15) is 0 Å². The van der Waals surface area contributed by atoms with Gasteiger partial charge < -0.3 is 10.5 Å². The first-order valence-corrected chi connectivity index (χ1v) is 5.93. The predicted molar refractivity (Wildman–Crippen MR) is 71.6 cm³/mol. The van der Waals surface area contributed by atoms with Crippen molar-refractivity contribution in [2.75, 3.05) is 5.73 Å². The van der Waals surface area contributed by atoms with E-state index >= 15 is 0 Å². The van der Waals surface area contributed by atoms with Crippen LogP contribution in [0.4, 0.5) is 10.1 Å². The number of hydrogen-bond donors (Lipinski definition) is 1. The standard InChI is InChI=1S/C13H10Cl2FNO/c14-11-5-9(16)2-1-8(11)7-18-10-3-4-13(17)12(15)6-10/h1-6H,7,17H2. The summed E-state index contributed by atoms with van der Waals surface area (Å²) in [6.07, 6.45) is 0. The van der Waals surface area contributed by atoms with Gasteiger partial charge in [0.1, 0.15) is 18.2 Å². The Morgan fingerprint density at radius 1 is 1.06 bits per heavy atom. The summed E-state index contributed by atoms with van der Waals surface area (Å²) >= 11 is 11.8. The van der Waals surface area contributed by atoms with E-state index in [0.717, 1.165) is 0 Å². The molecule has 0 aromatic heterocycles. The van der Waals surface area contributed by atoms with Crippen molar-refractivity contribution in [3.63, 3.8) is 0 Å². The van der Waals surface area contributed by atoms with Crippen LogP contribution in [0, 0.1) is 5.82 Å². The van der Waals surface area contributed by atoms with Gasteiger partial charge in [0.25, 0.3) is 0 Å². The largest absolute Gasteiger partial charge is 0.489 e. The van der Waals surface area contributed by atoms with Gasteiger partial charge in [0.15, 0.2) is 0 Å². The molecule has 0 bridgehead atoms. The van der Waals surface area contributed by atoms with Gasteiger partial charge in [-0.3, -0.25) is 0 Å². The van der Waals surface area contributed by atoms with E-state index < -0.39 is 0 Å². The number of anilines is 1. The van der Waals surface area contributed by atoms with Crippen LogP contribution >= 0.6 is 23.2 Å². The molecule has 0 aliphatic carbocycles. The summed E-state index contributed by atoms with van der Waals surface area (Å²) in [7, 11) is 0. The first-order chi connectivity index (χ1) is 8.56. The summed E-state index contributed by atoms with van der Waals surface area (Å²) in [4.78, 5) is 0. The van der Waals surface area contributed by atoms with Crippen LogP contribution in [0.25, 0.3) is 0 Å². The van der Waals surface area contributed by atoms with Crippen molar-refractivity contribution < 1.29 is 9.13 Å². The van der Waals surface area contributed by atoms with Gasteiger partial charge in [-0.15, -0.1) is 0 Å². The van der Waals surface area contributed by atoms with Gasteiger partial charge >= 0.3 is 0 Å². The third kappa shape index (κ3) is 3.06. The highest BCUT2D eigenvalue weighted by Gasteiger charge is 2.04. The average molecular weight is 286 g/mol. The molecule has 0 saturated heterocycles. The van der Waals surface area contributed by atoms with E-state index in [4.69, 9.17) is 33.7 Å². The molecule has 0 aliphatic heterocycles. The fraction of sp³-hybridized carbons (Fsp3) is 0.0769. The highest BCUT2D eigenvalue weighted by molar-refractivity contribution is 6.33. The molecule has 0 saturated carbocycles. The zero-order chi connectivity index (χ0) is 13.1. The molecule has 2 nitrogen and oxygen atoms in total. The van der Waals surface area contributed by atoms with Crippen LogP contribution in [0.15, 0.2) is 36.4 Å². The maximum absolute atomic E-state index is 12.9. The molecule has 0 unspecified atom stereocenters. The second-order valence-electron chi connectivity index (χ2n) is 3.71. The normalized spacial score (nSPS) is 10.4. The van der Waals surface area contributed by atoms with E-state index in [-0.39, 0.29) is 12.4 Å². The minimum Gasteiger partial charge on any atom is -0.489 e. The van der Waals surface area contributed by atoms with Crippen LogP contribution in [-0.2, 0) is 6.61 Å². The Labute approximate surface area is 114 Å². The molecule has 0 fully saturated rings. The Bertz CT molecular complexity index is 575. The van der Waals surface area contributed by atoms with Crippen molar-refractivity contribution in [1.29, 1.82) is 0 Å². The Balaban J connectivity index is 2.09. The Morgan fingerprint density at radius 2 is 1.83 bits per heavy atom. The second kappa shape index (κ2) is 5.46. The van der Waals surface area contributed by atoms with Crippen LogP contribution in [0.2, 0.25) is 10.0 Å². The Hall–Kier alpha value is -1.45. The van der Waals surface area contributed by atoms with Gasteiger partial charge in [-0.05, 0) is 24.3 Å². The van der Waals surface area contributed by atoms with E-state index in [9.17, 15) is 4.39 Å². The molecule has 0 aliphatic rings. The zero-order valence-corrected chi connectivity index (χ0v) is 10.8. The molecule has 2 N–H and O–H groups in total. The van der Waals surface area contributed by atoms with Crippen molar-refractivity contribution in [1.82, 2.24) is 0 Å². The van der Waals surface area contributed by atoms with Gasteiger partial charge in [-0.1, -0.05) is 29.3 Å². The molecule has 0 heterocycles. The van der Waals surface area contributed by atoms with Crippen molar-refractivity contribution in [2.45, 2.75) is 6.61 Å². The summed E-state index contributed by atoms with van der Waals surface area (Å²) in [6.45, 7) is 0.235. The number of nitrogen functional groups attached to an aromatic ring is 1. The van der Waals surface area contributed by atoms with Gasteiger partial charge in [0.05, 0.1) is 15.7 Å². The number of rotatable bonds is 3. The molecule has 2 aromatic rings. The lowest BCUT2D eigenvalue weighted by molar-refractivity contribution is 0.306. The van der Waals surface area contributed by atoms with Crippen LogP contribution in [0.1, 0.15) is 5.56 Å². The van der Waals surface area contributed by atoms with E-state index in [0.29, 0.717) is 27.0 Å². The third-order valence-electron chi connectivity index (χ3n) is 2.38. The molecule has 5 heteroatoms. The van der Waals surface area contributed by atoms with E-state index in [1.54, 1.807) is 24.3 Å². The van der Waals surface area contributed by atoms with Crippen molar-refractivity contribution >= 4 is 28.9 Å². The van der Waals surface area contributed by atoms with Crippen molar-refractivity contribution in [2.24, 2.45) is 0 Å². The first-order valence-electron chi connectivity index (χ1n) is 5.18. The van der Waals surface area contributed by atoms with Gasteiger partial charge in [0, 0.05) is 11.6 Å². The van der Waals surface area contributed by atoms with Gasteiger partial charge in [0.2, 0.25) is 0 Å². The highest BCUT2D eigenvalue weighted by Crippen LogP contribution is 2.25. The molecule has 94 valence electrons. The minimum absolute atomic E-state index is 0.235. The average Bonchev–Trinajstić information content (AvgIpc) is 2.32. The number of ether oxygens (including phenoxy) is 1. The lowest BCUT2D eigenvalue weighted by Crippen LogP contribution is -1.97. The molecule has 0 atom stereocenters. The number of benzene rings is 2. The number of halogens is 3. The van der Waals surface area contributed by atoms with E-state index in [2.05, 4.69) is 0 Å². The predicted octanol–water partition coefficient (Wildman–Crippen LogP) is 4.29. The topological polar surface area (TPSA) is 35.2 Å². The smallest absolute Gasteiger partial charge is 0.124 e. The van der Waals surface area contributed by atoms with Crippen LogP contribution < -0.4 is 10.5 Å². The highest BCUT2D eigenvalue weighted by atomic mass is 35.5. The van der Waals surface area contributed by atoms with E-state index in [1.165, 1.54) is 12.1 Å². The molecule has 18 heavy (non-hydrogen) atoms. The van der Waals surface area contributed by atoms with Crippen LogP contribution in [0.3, 0.4) is 0 Å². The summed E-state index contributed by atoms with van der Waals surface area (Å²) in [6, 6.07) is 9.14. The monoisotopic (exact) mass is 285 g/mol. The summed E-state index contributed by atoms with van der Waals surface area (Å²) in [5.74, 6) is 0.203. The molecule has 2 rings (SSSR count). The Morgan fingerprint density at radius 3 is 2.50 bits per heavy atom. The van der Waals surface area contributed by atoms with Gasteiger partial charge in [-0.25, -0.2) is 4.39 Å². The second-order valence-corrected chi connectivity index (χ2v) is 4.52. The quantitative estimate of drug-likeness (QED) is 0.854. The molecular formula is C13H10Cl2FNO. The maximum atomic E-state index is 12.9. The van der Waals surface area contributed by atoms with Crippen LogP contribution in [-0.4, -0.2) is 0 Å². The zero-order valence-electron chi connectivity index (χ0n) is 9.29. The maximum Gasteiger partial charge on any atom is 0.124 e. The lowest BCUT2D eigenvalue weighted by atomic mass is 10.2. The number of hydrogen-bond acceptors (Lipinski definition) is 2.